The van der Waals surface area contributed by atoms with E-state index in [-0.39, 0.29) is 11.5 Å². The molecule has 144 valence electrons. The minimum atomic E-state index is -0.186. The normalized spacial score (nSPS) is 13.6. The van der Waals surface area contributed by atoms with Gasteiger partial charge in [0.25, 0.3) is 11.5 Å². The third-order valence-corrected chi connectivity index (χ3v) is 5.19. The number of carbonyl (C=O) groups excluding carboxylic acids is 1. The maximum Gasteiger partial charge on any atom is 0.261 e. The molecule has 1 aromatic heterocycles. The summed E-state index contributed by atoms with van der Waals surface area (Å²) >= 11 is 0. The van der Waals surface area contributed by atoms with E-state index in [1.165, 1.54) is 0 Å². The van der Waals surface area contributed by atoms with Gasteiger partial charge in [0, 0.05) is 25.1 Å². The van der Waals surface area contributed by atoms with Crippen LogP contribution in [0, 0.1) is 0 Å². The number of carbonyl (C=O) groups is 1. The third kappa shape index (κ3) is 3.63. The zero-order valence-corrected chi connectivity index (χ0v) is 15.9. The molecular weight excluding hydrogens is 354 g/mol. The van der Waals surface area contributed by atoms with Crippen molar-refractivity contribution in [3.05, 3.63) is 69.8 Å². The molecule has 0 unspecified atom stereocenters. The molecule has 0 saturated carbocycles. The average molecular weight is 377 g/mol. The zero-order chi connectivity index (χ0) is 19.5. The predicted octanol–water partition coefficient (Wildman–Crippen LogP) is 3.06. The molecule has 3 aromatic rings. The van der Waals surface area contributed by atoms with Gasteiger partial charge in [-0.1, -0.05) is 18.6 Å². The number of rotatable bonds is 4. The summed E-state index contributed by atoms with van der Waals surface area (Å²) < 4.78 is 6.93. The molecule has 28 heavy (non-hydrogen) atoms. The molecule has 1 aliphatic heterocycles. The highest BCUT2D eigenvalue weighted by Crippen LogP contribution is 2.17. The van der Waals surface area contributed by atoms with Crippen LogP contribution in [-0.4, -0.2) is 22.6 Å². The van der Waals surface area contributed by atoms with Crippen molar-refractivity contribution in [3.63, 3.8) is 0 Å². The van der Waals surface area contributed by atoms with E-state index >= 15 is 0 Å². The van der Waals surface area contributed by atoms with Crippen LogP contribution in [0.3, 0.4) is 0 Å². The van der Waals surface area contributed by atoms with E-state index in [9.17, 15) is 9.59 Å². The van der Waals surface area contributed by atoms with E-state index in [0.29, 0.717) is 23.0 Å². The highest BCUT2D eigenvalue weighted by atomic mass is 16.5. The molecule has 1 amide bonds. The fourth-order valence-corrected chi connectivity index (χ4v) is 3.59. The largest absolute Gasteiger partial charge is 0.497 e. The first-order valence-corrected chi connectivity index (χ1v) is 9.60. The summed E-state index contributed by atoms with van der Waals surface area (Å²) in [6.07, 6.45) is 3.96. The predicted molar refractivity (Wildman–Crippen MR) is 108 cm³/mol. The maximum absolute atomic E-state index is 12.8. The molecule has 0 fully saturated rings. The van der Waals surface area contributed by atoms with Gasteiger partial charge in [-0.05, 0) is 48.7 Å². The van der Waals surface area contributed by atoms with Gasteiger partial charge < -0.3 is 10.1 Å². The lowest BCUT2D eigenvalue weighted by atomic mass is 10.1. The van der Waals surface area contributed by atoms with Gasteiger partial charge in [-0.2, -0.15) is 0 Å². The van der Waals surface area contributed by atoms with Crippen molar-refractivity contribution in [2.45, 2.75) is 38.8 Å². The van der Waals surface area contributed by atoms with Crippen molar-refractivity contribution in [1.82, 2.24) is 14.9 Å². The van der Waals surface area contributed by atoms with Crippen molar-refractivity contribution >= 4 is 16.8 Å². The molecule has 0 atom stereocenters. The zero-order valence-electron chi connectivity index (χ0n) is 15.9. The van der Waals surface area contributed by atoms with Gasteiger partial charge in [0.15, 0.2) is 0 Å². The summed E-state index contributed by atoms with van der Waals surface area (Å²) in [6.45, 7) is 1.14. The molecule has 0 spiro atoms. The van der Waals surface area contributed by atoms with Gasteiger partial charge in [-0.15, -0.1) is 0 Å². The minimum Gasteiger partial charge on any atom is -0.497 e. The van der Waals surface area contributed by atoms with Gasteiger partial charge in [0.2, 0.25) is 0 Å². The van der Waals surface area contributed by atoms with Gasteiger partial charge >= 0.3 is 0 Å². The van der Waals surface area contributed by atoms with E-state index in [4.69, 9.17) is 4.74 Å². The van der Waals surface area contributed by atoms with E-state index in [1.54, 1.807) is 29.9 Å². The quantitative estimate of drug-likeness (QED) is 0.758. The lowest BCUT2D eigenvalue weighted by Gasteiger charge is -2.11. The number of nitrogens with one attached hydrogen (secondary N) is 1. The SMILES string of the molecule is COc1ccc(CNC(=O)c2ccc3c(=O)n4c(nc3c2)CCCCC4)cc1. The van der Waals surface area contributed by atoms with Crippen molar-refractivity contribution in [2.75, 3.05) is 7.11 Å². The van der Waals surface area contributed by atoms with Gasteiger partial charge in [-0.3, -0.25) is 14.2 Å². The van der Waals surface area contributed by atoms with Crippen LogP contribution in [-0.2, 0) is 19.5 Å². The summed E-state index contributed by atoms with van der Waals surface area (Å²) in [6, 6.07) is 12.7. The Balaban J connectivity index is 1.56. The number of benzene rings is 2. The van der Waals surface area contributed by atoms with Crippen molar-refractivity contribution in [3.8, 4) is 5.75 Å². The molecular formula is C22H23N3O3. The van der Waals surface area contributed by atoms with Gasteiger partial charge in [0.05, 0.1) is 18.0 Å². The minimum absolute atomic E-state index is 0.00732. The van der Waals surface area contributed by atoms with Crippen LogP contribution in [0.4, 0.5) is 0 Å². The van der Waals surface area contributed by atoms with Crippen LogP contribution in [0.1, 0.15) is 41.0 Å². The second-order valence-corrected chi connectivity index (χ2v) is 7.06. The lowest BCUT2D eigenvalue weighted by Crippen LogP contribution is -2.25. The molecule has 2 heterocycles. The number of aryl methyl sites for hydroxylation is 1. The van der Waals surface area contributed by atoms with Crippen LogP contribution in [0.2, 0.25) is 0 Å². The lowest BCUT2D eigenvalue weighted by molar-refractivity contribution is 0.0951. The first-order chi connectivity index (χ1) is 13.7. The smallest absolute Gasteiger partial charge is 0.261 e. The summed E-state index contributed by atoms with van der Waals surface area (Å²) in [4.78, 5) is 30.0. The highest BCUT2D eigenvalue weighted by molar-refractivity contribution is 5.97. The van der Waals surface area contributed by atoms with Crippen molar-refractivity contribution < 1.29 is 9.53 Å². The number of hydrogen-bond donors (Lipinski definition) is 1. The number of ether oxygens (including phenoxy) is 1. The Hall–Kier alpha value is -3.15. The third-order valence-electron chi connectivity index (χ3n) is 5.19. The summed E-state index contributed by atoms with van der Waals surface area (Å²) in [7, 11) is 1.62. The Labute approximate surface area is 163 Å². The molecule has 0 radical (unpaired) electrons. The van der Waals surface area contributed by atoms with E-state index in [2.05, 4.69) is 10.3 Å². The number of fused-ring (bicyclic) bond motifs is 2. The van der Waals surface area contributed by atoms with Gasteiger partial charge in [-0.25, -0.2) is 4.98 Å². The summed E-state index contributed by atoms with van der Waals surface area (Å²) in [5.41, 5.74) is 2.07. The van der Waals surface area contributed by atoms with Gasteiger partial charge in [0.1, 0.15) is 11.6 Å². The van der Waals surface area contributed by atoms with E-state index in [0.717, 1.165) is 49.4 Å². The molecule has 0 aliphatic carbocycles. The Morgan fingerprint density at radius 1 is 1.14 bits per heavy atom. The summed E-state index contributed by atoms with van der Waals surface area (Å²) in [5, 5.41) is 3.48. The molecule has 4 rings (SSSR count). The fourth-order valence-electron chi connectivity index (χ4n) is 3.59. The van der Waals surface area contributed by atoms with E-state index < -0.39 is 0 Å². The van der Waals surface area contributed by atoms with Crippen molar-refractivity contribution in [1.29, 1.82) is 0 Å². The Morgan fingerprint density at radius 3 is 2.75 bits per heavy atom. The maximum atomic E-state index is 12.8. The first kappa shape index (κ1) is 18.2. The molecule has 2 aromatic carbocycles. The van der Waals surface area contributed by atoms with Crippen LogP contribution < -0.4 is 15.6 Å². The molecule has 6 nitrogen and oxygen atoms in total. The molecule has 1 N–H and O–H groups in total. The second kappa shape index (κ2) is 7.84. The van der Waals surface area contributed by atoms with Crippen LogP contribution >= 0.6 is 0 Å². The van der Waals surface area contributed by atoms with Crippen molar-refractivity contribution in [2.24, 2.45) is 0 Å². The molecule has 0 saturated heterocycles. The molecule has 0 bridgehead atoms. The number of amides is 1. The number of nitrogens with zero attached hydrogens (tertiary/aromatic N) is 2. The molecule has 6 heteroatoms. The van der Waals surface area contributed by atoms with Crippen LogP contribution in [0.15, 0.2) is 47.3 Å². The van der Waals surface area contributed by atoms with Crippen LogP contribution in [0.5, 0.6) is 5.75 Å². The van der Waals surface area contributed by atoms with E-state index in [1.807, 2.05) is 24.3 Å². The standard InChI is InChI=1S/C22H23N3O3/c1-28-17-9-6-15(7-10-17)14-23-21(26)16-8-11-18-19(13-16)24-20-5-3-2-4-12-25(20)22(18)27/h6-11,13H,2-5,12,14H2,1H3,(H,23,26). The molecule has 1 aliphatic rings. The summed E-state index contributed by atoms with van der Waals surface area (Å²) in [5.74, 6) is 1.42. The Bertz CT molecular complexity index is 1070. The highest BCUT2D eigenvalue weighted by Gasteiger charge is 2.15. The Morgan fingerprint density at radius 2 is 1.96 bits per heavy atom. The fraction of sp³-hybridized carbons (Fsp3) is 0.318. The number of hydrogen-bond acceptors (Lipinski definition) is 4. The second-order valence-electron chi connectivity index (χ2n) is 7.06. The Kier molecular flexibility index (Phi) is 5.10. The topological polar surface area (TPSA) is 73.2 Å². The first-order valence-electron chi connectivity index (χ1n) is 9.60. The monoisotopic (exact) mass is 377 g/mol. The number of aromatic nitrogens is 2. The number of methoxy groups -OCH3 is 1. The average Bonchev–Trinajstić information content (AvgIpc) is 2.98. The van der Waals surface area contributed by atoms with Crippen LogP contribution in [0.25, 0.3) is 10.9 Å².